The first-order chi connectivity index (χ1) is 13.4. The molecule has 1 amide bonds. The third-order valence-corrected chi connectivity index (χ3v) is 4.11. The van der Waals surface area contributed by atoms with E-state index in [1.807, 2.05) is 6.07 Å². The normalized spacial score (nSPS) is 10.7. The molecular weight excluding hydrogens is 380 g/mol. The molecule has 0 aliphatic rings. The van der Waals surface area contributed by atoms with Gasteiger partial charge in [0.1, 0.15) is 11.3 Å². The Morgan fingerprint density at radius 3 is 2.57 bits per heavy atom. The van der Waals surface area contributed by atoms with Gasteiger partial charge in [0.15, 0.2) is 6.61 Å². The lowest BCUT2D eigenvalue weighted by atomic mass is 10.2. The van der Waals surface area contributed by atoms with Crippen LogP contribution < -0.4 is 10.1 Å². The number of nitrogens with zero attached hydrogens (tertiary/aromatic N) is 1. The first kappa shape index (κ1) is 19.6. The van der Waals surface area contributed by atoms with Crippen molar-refractivity contribution < 1.29 is 19.1 Å². The van der Waals surface area contributed by atoms with Crippen LogP contribution in [0.5, 0.6) is 5.75 Å². The Labute approximate surface area is 167 Å². The molecule has 0 saturated heterocycles. The van der Waals surface area contributed by atoms with Crippen LogP contribution in [0.2, 0.25) is 5.02 Å². The van der Waals surface area contributed by atoms with E-state index < -0.39 is 5.97 Å². The monoisotopic (exact) mass is 398 g/mol. The zero-order chi connectivity index (χ0) is 20.1. The van der Waals surface area contributed by atoms with Crippen LogP contribution in [0, 0.1) is 0 Å². The molecule has 28 heavy (non-hydrogen) atoms. The van der Waals surface area contributed by atoms with Crippen molar-refractivity contribution in [1.82, 2.24) is 4.98 Å². The van der Waals surface area contributed by atoms with Crippen LogP contribution in [0.4, 0.5) is 5.69 Å². The Morgan fingerprint density at radius 2 is 1.86 bits per heavy atom. The molecule has 0 bridgehead atoms. The predicted octanol–water partition coefficient (Wildman–Crippen LogP) is 4.47. The number of carbonyl (C=O) groups is 2. The molecule has 0 spiro atoms. The Hall–Kier alpha value is -3.12. The van der Waals surface area contributed by atoms with Crippen molar-refractivity contribution in [2.75, 3.05) is 11.9 Å². The van der Waals surface area contributed by atoms with Crippen LogP contribution in [0.3, 0.4) is 0 Å². The van der Waals surface area contributed by atoms with Gasteiger partial charge in [-0.05, 0) is 62.4 Å². The number of benzene rings is 2. The van der Waals surface area contributed by atoms with E-state index in [0.29, 0.717) is 27.5 Å². The summed E-state index contributed by atoms with van der Waals surface area (Å²) in [5, 5.41) is 4.04. The summed E-state index contributed by atoms with van der Waals surface area (Å²) in [4.78, 5) is 28.3. The molecule has 0 radical (unpaired) electrons. The second-order valence-corrected chi connectivity index (χ2v) is 6.72. The minimum Gasteiger partial charge on any atom is -0.481 e. The lowest BCUT2D eigenvalue weighted by Crippen LogP contribution is -2.20. The topological polar surface area (TPSA) is 77.5 Å². The Balaban J connectivity index is 1.61. The first-order valence-corrected chi connectivity index (χ1v) is 9.09. The maximum absolute atomic E-state index is 12.2. The summed E-state index contributed by atoms with van der Waals surface area (Å²) in [5.41, 5.74) is 1.56. The predicted molar refractivity (Wildman–Crippen MR) is 108 cm³/mol. The van der Waals surface area contributed by atoms with Crippen LogP contribution >= 0.6 is 11.6 Å². The van der Waals surface area contributed by atoms with Crippen molar-refractivity contribution in [3.8, 4) is 5.75 Å². The van der Waals surface area contributed by atoms with E-state index in [-0.39, 0.29) is 18.6 Å². The molecule has 0 aliphatic carbocycles. The summed E-state index contributed by atoms with van der Waals surface area (Å²) >= 11 is 6.15. The Bertz CT molecular complexity index is 1000. The van der Waals surface area contributed by atoms with Gasteiger partial charge in [-0.15, -0.1) is 0 Å². The molecule has 6 nitrogen and oxygen atoms in total. The number of anilines is 1. The summed E-state index contributed by atoms with van der Waals surface area (Å²) in [7, 11) is 0. The number of halogens is 1. The Kier molecular flexibility index (Phi) is 6.11. The molecular formula is C21H19ClN2O4. The van der Waals surface area contributed by atoms with Gasteiger partial charge in [0, 0.05) is 17.3 Å². The van der Waals surface area contributed by atoms with E-state index in [9.17, 15) is 9.59 Å². The van der Waals surface area contributed by atoms with Gasteiger partial charge in [-0.3, -0.25) is 9.78 Å². The second-order valence-electron chi connectivity index (χ2n) is 6.31. The number of carbonyl (C=O) groups excluding carboxylic acids is 2. The average Bonchev–Trinajstić information content (AvgIpc) is 2.68. The summed E-state index contributed by atoms with van der Waals surface area (Å²) in [5.74, 6) is -0.267. The van der Waals surface area contributed by atoms with Crippen molar-refractivity contribution in [3.63, 3.8) is 0 Å². The number of hydrogen-bond donors (Lipinski definition) is 1. The molecule has 3 rings (SSSR count). The van der Waals surface area contributed by atoms with E-state index in [0.717, 1.165) is 5.39 Å². The van der Waals surface area contributed by atoms with Crippen molar-refractivity contribution in [3.05, 3.63) is 65.3 Å². The highest BCUT2D eigenvalue weighted by molar-refractivity contribution is 6.35. The van der Waals surface area contributed by atoms with Gasteiger partial charge in [0.05, 0.1) is 16.7 Å². The van der Waals surface area contributed by atoms with Crippen molar-refractivity contribution in [2.45, 2.75) is 20.0 Å². The highest BCUT2D eigenvalue weighted by Gasteiger charge is 2.11. The third kappa shape index (κ3) is 4.78. The van der Waals surface area contributed by atoms with E-state index in [2.05, 4.69) is 10.3 Å². The van der Waals surface area contributed by atoms with Gasteiger partial charge in [0.2, 0.25) is 0 Å². The quantitative estimate of drug-likeness (QED) is 0.620. The van der Waals surface area contributed by atoms with Crippen LogP contribution in [0.15, 0.2) is 54.7 Å². The molecule has 2 aromatic carbocycles. The summed E-state index contributed by atoms with van der Waals surface area (Å²) < 4.78 is 10.7. The summed E-state index contributed by atoms with van der Waals surface area (Å²) in [6.45, 7) is 3.38. The zero-order valence-corrected chi connectivity index (χ0v) is 16.2. The summed E-state index contributed by atoms with van der Waals surface area (Å²) in [6.07, 6.45) is 1.44. The van der Waals surface area contributed by atoms with Gasteiger partial charge in [-0.25, -0.2) is 4.79 Å². The Morgan fingerprint density at radius 1 is 1.11 bits per heavy atom. The number of rotatable bonds is 6. The molecule has 7 heteroatoms. The standard InChI is InChI=1S/C21H19ClN2O4/c1-13(2)28-21(26)14-5-7-15(8-6-14)24-19(25)12-27-18-10-9-17(22)16-4-3-11-23-20(16)18/h3-11,13H,12H2,1-2H3,(H,24,25). The molecule has 1 heterocycles. The minimum absolute atomic E-state index is 0.190. The number of fused-ring (bicyclic) bond motifs is 1. The molecule has 1 aromatic heterocycles. The second kappa shape index (κ2) is 8.71. The SMILES string of the molecule is CC(C)OC(=O)c1ccc(NC(=O)COc2ccc(Cl)c3cccnc23)cc1. The molecule has 3 aromatic rings. The molecule has 144 valence electrons. The van der Waals surface area contributed by atoms with Gasteiger partial charge < -0.3 is 14.8 Å². The molecule has 0 atom stereocenters. The maximum Gasteiger partial charge on any atom is 0.338 e. The van der Waals surface area contributed by atoms with E-state index in [1.54, 1.807) is 62.5 Å². The van der Waals surface area contributed by atoms with Gasteiger partial charge in [-0.1, -0.05) is 11.6 Å². The minimum atomic E-state index is -0.404. The van der Waals surface area contributed by atoms with E-state index in [1.165, 1.54) is 0 Å². The van der Waals surface area contributed by atoms with E-state index in [4.69, 9.17) is 21.1 Å². The lowest BCUT2D eigenvalue weighted by molar-refractivity contribution is -0.118. The summed E-state index contributed by atoms with van der Waals surface area (Å²) in [6, 6.07) is 13.5. The average molecular weight is 399 g/mol. The van der Waals surface area contributed by atoms with Crippen molar-refractivity contribution in [1.29, 1.82) is 0 Å². The van der Waals surface area contributed by atoms with Crippen molar-refractivity contribution >= 4 is 40.1 Å². The van der Waals surface area contributed by atoms with Crippen LogP contribution in [-0.2, 0) is 9.53 Å². The fraction of sp³-hybridized carbons (Fsp3) is 0.190. The van der Waals surface area contributed by atoms with Gasteiger partial charge in [0.25, 0.3) is 5.91 Å². The van der Waals surface area contributed by atoms with Crippen LogP contribution in [0.1, 0.15) is 24.2 Å². The number of aromatic nitrogens is 1. The highest BCUT2D eigenvalue weighted by atomic mass is 35.5. The molecule has 0 unspecified atom stereocenters. The zero-order valence-electron chi connectivity index (χ0n) is 15.4. The van der Waals surface area contributed by atoms with Crippen molar-refractivity contribution in [2.24, 2.45) is 0 Å². The molecule has 0 aliphatic heterocycles. The number of esters is 1. The number of ether oxygens (including phenoxy) is 2. The first-order valence-electron chi connectivity index (χ1n) is 8.71. The van der Waals surface area contributed by atoms with Crippen LogP contribution in [-0.4, -0.2) is 29.6 Å². The maximum atomic E-state index is 12.2. The van der Waals surface area contributed by atoms with Gasteiger partial charge >= 0.3 is 5.97 Å². The van der Waals surface area contributed by atoms with Gasteiger partial charge in [-0.2, -0.15) is 0 Å². The molecule has 0 fully saturated rings. The highest BCUT2D eigenvalue weighted by Crippen LogP contribution is 2.29. The number of nitrogens with one attached hydrogen (secondary N) is 1. The number of hydrogen-bond acceptors (Lipinski definition) is 5. The van der Waals surface area contributed by atoms with E-state index >= 15 is 0 Å². The fourth-order valence-electron chi connectivity index (χ4n) is 2.54. The molecule has 0 saturated carbocycles. The number of amides is 1. The number of pyridine rings is 1. The lowest BCUT2D eigenvalue weighted by Gasteiger charge is -2.11. The third-order valence-electron chi connectivity index (χ3n) is 3.79. The smallest absolute Gasteiger partial charge is 0.338 e. The fourth-order valence-corrected chi connectivity index (χ4v) is 2.76. The van der Waals surface area contributed by atoms with Crippen LogP contribution in [0.25, 0.3) is 10.9 Å². The molecule has 1 N–H and O–H groups in total. The largest absolute Gasteiger partial charge is 0.481 e.